The average Bonchev–Trinajstić information content (AvgIpc) is 2.71. The molecule has 0 spiro atoms. The van der Waals surface area contributed by atoms with Gasteiger partial charge in [-0.15, -0.1) is 0 Å². The zero-order chi connectivity index (χ0) is 19.1. The third kappa shape index (κ3) is 5.19. The third-order valence-electron chi connectivity index (χ3n) is 5.82. The van der Waals surface area contributed by atoms with Gasteiger partial charge in [0.25, 0.3) is 0 Å². The molecule has 0 aromatic heterocycles. The summed E-state index contributed by atoms with van der Waals surface area (Å²) < 4.78 is 0. The van der Waals surface area contributed by atoms with Crippen LogP contribution in [-0.2, 0) is 0 Å². The van der Waals surface area contributed by atoms with Crippen molar-refractivity contribution in [1.29, 1.82) is 0 Å². The van der Waals surface area contributed by atoms with Crippen LogP contribution in [0.15, 0.2) is 60.7 Å². The maximum absolute atomic E-state index is 10.9. The highest BCUT2D eigenvalue weighted by molar-refractivity contribution is 5.20. The Kier molecular flexibility index (Phi) is 7.45. The van der Waals surface area contributed by atoms with E-state index < -0.39 is 0 Å². The topological polar surface area (TPSA) is 35.5 Å². The summed E-state index contributed by atoms with van der Waals surface area (Å²) in [5.74, 6) is 0. The van der Waals surface area contributed by atoms with E-state index in [0.717, 1.165) is 38.8 Å². The van der Waals surface area contributed by atoms with Crippen LogP contribution in [0.4, 0.5) is 0 Å². The largest absolute Gasteiger partial charge is 0.390 e. The summed E-state index contributed by atoms with van der Waals surface area (Å²) in [6.45, 7) is 6.22. The van der Waals surface area contributed by atoms with Gasteiger partial charge in [-0.25, -0.2) is 0 Å². The number of aliphatic hydroxyl groups excluding tert-OH is 1. The van der Waals surface area contributed by atoms with Crippen LogP contribution >= 0.6 is 0 Å². The molecule has 0 saturated carbocycles. The molecule has 2 aromatic rings. The van der Waals surface area contributed by atoms with Crippen molar-refractivity contribution in [2.75, 3.05) is 13.1 Å². The zero-order valence-electron chi connectivity index (χ0n) is 16.7. The first-order chi connectivity index (χ1) is 13.2. The Morgan fingerprint density at radius 3 is 2.19 bits per heavy atom. The Balaban J connectivity index is 1.64. The Labute approximate surface area is 164 Å². The van der Waals surface area contributed by atoms with Crippen LogP contribution in [0.2, 0.25) is 0 Å². The molecule has 1 saturated heterocycles. The SMILES string of the molecule is CCCC(NC1CCN(C(CC)c2ccccc2)CC1O)c1ccccc1. The zero-order valence-corrected chi connectivity index (χ0v) is 16.7. The minimum atomic E-state index is -0.334. The lowest BCUT2D eigenvalue weighted by Crippen LogP contribution is -2.54. The van der Waals surface area contributed by atoms with Crippen molar-refractivity contribution in [3.05, 3.63) is 71.8 Å². The molecule has 3 rings (SSSR count). The molecule has 27 heavy (non-hydrogen) atoms. The number of benzene rings is 2. The number of nitrogens with zero attached hydrogens (tertiary/aromatic N) is 1. The van der Waals surface area contributed by atoms with E-state index in [1.165, 1.54) is 11.1 Å². The summed E-state index contributed by atoms with van der Waals surface area (Å²) in [4.78, 5) is 2.45. The molecule has 0 bridgehead atoms. The second-order valence-electron chi connectivity index (χ2n) is 7.71. The normalized spacial score (nSPS) is 23.1. The monoisotopic (exact) mass is 366 g/mol. The van der Waals surface area contributed by atoms with E-state index in [1.807, 2.05) is 0 Å². The van der Waals surface area contributed by atoms with Crippen LogP contribution in [0.5, 0.6) is 0 Å². The molecule has 1 aliphatic heterocycles. The van der Waals surface area contributed by atoms with E-state index in [9.17, 15) is 5.11 Å². The summed E-state index contributed by atoms with van der Waals surface area (Å²) in [5.41, 5.74) is 2.68. The highest BCUT2D eigenvalue weighted by Gasteiger charge is 2.32. The molecule has 1 aliphatic rings. The lowest BCUT2D eigenvalue weighted by molar-refractivity contribution is 0.0151. The van der Waals surface area contributed by atoms with Gasteiger partial charge in [0.05, 0.1) is 6.10 Å². The minimum Gasteiger partial charge on any atom is -0.390 e. The lowest BCUT2D eigenvalue weighted by Gasteiger charge is -2.41. The van der Waals surface area contributed by atoms with Gasteiger partial charge in [-0.2, -0.15) is 0 Å². The molecule has 2 N–H and O–H groups in total. The number of hydrogen-bond donors (Lipinski definition) is 2. The van der Waals surface area contributed by atoms with Crippen LogP contribution in [0.3, 0.4) is 0 Å². The molecule has 0 radical (unpaired) electrons. The summed E-state index contributed by atoms with van der Waals surface area (Å²) in [6, 6.07) is 22.2. The molecular formula is C24H34N2O. The molecule has 4 atom stereocenters. The fourth-order valence-electron chi connectivity index (χ4n) is 4.39. The Morgan fingerprint density at radius 1 is 1.00 bits per heavy atom. The van der Waals surface area contributed by atoms with Crippen molar-refractivity contribution in [2.24, 2.45) is 0 Å². The number of rotatable bonds is 8. The second kappa shape index (κ2) is 10.0. The number of likely N-dealkylation sites (tertiary alicyclic amines) is 1. The van der Waals surface area contributed by atoms with Crippen LogP contribution in [-0.4, -0.2) is 35.2 Å². The number of nitrogens with one attached hydrogen (secondary N) is 1. The maximum atomic E-state index is 10.9. The quantitative estimate of drug-likeness (QED) is 0.710. The summed E-state index contributed by atoms with van der Waals surface area (Å²) in [6.07, 6.45) is 3.94. The van der Waals surface area contributed by atoms with Gasteiger partial charge < -0.3 is 10.4 Å². The first-order valence-corrected chi connectivity index (χ1v) is 10.5. The highest BCUT2D eigenvalue weighted by atomic mass is 16.3. The Hall–Kier alpha value is -1.68. The third-order valence-corrected chi connectivity index (χ3v) is 5.82. The number of β-amino-alcohol motifs (C(OH)–C–C–N with tert-alkyl or cyclic N) is 1. The fourth-order valence-corrected chi connectivity index (χ4v) is 4.39. The molecule has 0 amide bonds. The van der Waals surface area contributed by atoms with Gasteiger partial charge in [0.2, 0.25) is 0 Å². The molecule has 2 aromatic carbocycles. The van der Waals surface area contributed by atoms with Crippen LogP contribution < -0.4 is 5.32 Å². The van der Waals surface area contributed by atoms with E-state index in [2.05, 4.69) is 84.7 Å². The number of aliphatic hydroxyl groups is 1. The van der Waals surface area contributed by atoms with E-state index in [-0.39, 0.29) is 12.1 Å². The van der Waals surface area contributed by atoms with Crippen LogP contribution in [0, 0.1) is 0 Å². The minimum absolute atomic E-state index is 0.159. The van der Waals surface area contributed by atoms with Gasteiger partial charge in [-0.05, 0) is 30.4 Å². The van der Waals surface area contributed by atoms with Crippen molar-refractivity contribution in [2.45, 2.75) is 63.8 Å². The average molecular weight is 367 g/mol. The van der Waals surface area contributed by atoms with E-state index >= 15 is 0 Å². The van der Waals surface area contributed by atoms with Gasteiger partial charge in [-0.3, -0.25) is 4.90 Å². The van der Waals surface area contributed by atoms with E-state index in [1.54, 1.807) is 0 Å². The smallest absolute Gasteiger partial charge is 0.0820 e. The summed E-state index contributed by atoms with van der Waals surface area (Å²) in [7, 11) is 0. The first kappa shape index (κ1) is 20.1. The fraction of sp³-hybridized carbons (Fsp3) is 0.500. The first-order valence-electron chi connectivity index (χ1n) is 10.5. The van der Waals surface area contributed by atoms with Gasteiger partial charge in [0.15, 0.2) is 0 Å². The van der Waals surface area contributed by atoms with E-state index in [0.29, 0.717) is 12.1 Å². The lowest BCUT2D eigenvalue weighted by atomic mass is 9.94. The van der Waals surface area contributed by atoms with Gasteiger partial charge >= 0.3 is 0 Å². The summed E-state index contributed by atoms with van der Waals surface area (Å²) in [5, 5.41) is 14.7. The van der Waals surface area contributed by atoms with Gasteiger partial charge in [0, 0.05) is 31.2 Å². The molecule has 3 nitrogen and oxygen atoms in total. The van der Waals surface area contributed by atoms with Gasteiger partial charge in [0.1, 0.15) is 0 Å². The van der Waals surface area contributed by atoms with E-state index in [4.69, 9.17) is 0 Å². The number of hydrogen-bond acceptors (Lipinski definition) is 3. The predicted molar refractivity (Wildman–Crippen MR) is 113 cm³/mol. The second-order valence-corrected chi connectivity index (χ2v) is 7.71. The van der Waals surface area contributed by atoms with Crippen molar-refractivity contribution in [3.63, 3.8) is 0 Å². The molecule has 1 fully saturated rings. The molecule has 146 valence electrons. The van der Waals surface area contributed by atoms with Crippen LogP contribution in [0.25, 0.3) is 0 Å². The Bertz CT molecular complexity index is 661. The molecule has 3 heteroatoms. The van der Waals surface area contributed by atoms with Crippen molar-refractivity contribution in [3.8, 4) is 0 Å². The van der Waals surface area contributed by atoms with Crippen LogP contribution in [0.1, 0.15) is 62.7 Å². The van der Waals surface area contributed by atoms with Crippen molar-refractivity contribution < 1.29 is 5.11 Å². The molecule has 4 unspecified atom stereocenters. The molecular weight excluding hydrogens is 332 g/mol. The maximum Gasteiger partial charge on any atom is 0.0820 e. The van der Waals surface area contributed by atoms with Gasteiger partial charge in [-0.1, -0.05) is 80.9 Å². The number of piperidine rings is 1. The molecule has 0 aliphatic carbocycles. The van der Waals surface area contributed by atoms with Crippen molar-refractivity contribution >= 4 is 0 Å². The Morgan fingerprint density at radius 2 is 1.63 bits per heavy atom. The van der Waals surface area contributed by atoms with Crippen molar-refractivity contribution in [1.82, 2.24) is 10.2 Å². The molecule has 1 heterocycles. The predicted octanol–water partition coefficient (Wildman–Crippen LogP) is 4.70. The highest BCUT2D eigenvalue weighted by Crippen LogP contribution is 2.29. The standard InChI is InChI=1S/C24H34N2O/c1-3-11-21(19-12-7-5-8-13-19)25-22-16-17-26(18-24(22)27)23(4-2)20-14-9-6-10-15-20/h5-10,12-15,21-25,27H,3-4,11,16-18H2,1-2H3. The summed E-state index contributed by atoms with van der Waals surface area (Å²) >= 11 is 0.